The molecule has 1 fully saturated rings. The predicted octanol–water partition coefficient (Wildman–Crippen LogP) is 1.35. The highest BCUT2D eigenvalue weighted by Gasteiger charge is 2.34. The second kappa shape index (κ2) is 7.10. The predicted molar refractivity (Wildman–Crippen MR) is 75.3 cm³/mol. The van der Waals surface area contributed by atoms with Crippen molar-refractivity contribution in [2.45, 2.75) is 51.0 Å². The van der Waals surface area contributed by atoms with Crippen LogP contribution in [0.1, 0.15) is 45.4 Å². The number of nitrogens with one attached hydrogen (secondary N) is 1. The largest absolute Gasteiger partial charge is 0.354 e. The molecule has 4 nitrogen and oxygen atoms in total. The van der Waals surface area contributed by atoms with Gasteiger partial charge in [-0.3, -0.25) is 4.79 Å². The van der Waals surface area contributed by atoms with Crippen LogP contribution in [0.25, 0.3) is 0 Å². The summed E-state index contributed by atoms with van der Waals surface area (Å²) in [5.41, 5.74) is 5.77. The van der Waals surface area contributed by atoms with E-state index >= 15 is 0 Å². The van der Waals surface area contributed by atoms with Gasteiger partial charge >= 0.3 is 0 Å². The van der Waals surface area contributed by atoms with Gasteiger partial charge in [-0.05, 0) is 33.4 Å². The van der Waals surface area contributed by atoms with Crippen LogP contribution in [0.3, 0.4) is 0 Å². The molecule has 0 bridgehead atoms. The molecule has 3 N–H and O–H groups in total. The summed E-state index contributed by atoms with van der Waals surface area (Å²) < 4.78 is 0. The molecule has 1 saturated carbocycles. The van der Waals surface area contributed by atoms with Crippen LogP contribution in [0.2, 0.25) is 0 Å². The zero-order valence-electron chi connectivity index (χ0n) is 12.2. The fourth-order valence-corrected chi connectivity index (χ4v) is 2.85. The second-order valence-electron chi connectivity index (χ2n) is 5.74. The number of rotatable bonds is 6. The lowest BCUT2D eigenvalue weighted by Crippen LogP contribution is -2.54. The SMILES string of the molecule is CCC(CN)C(=O)NCC1(N(C)C)CCCCC1. The molecule has 0 aromatic rings. The van der Waals surface area contributed by atoms with Gasteiger partial charge in [-0.2, -0.15) is 0 Å². The molecule has 1 atom stereocenters. The summed E-state index contributed by atoms with van der Waals surface area (Å²) in [6.07, 6.45) is 7.03. The fraction of sp³-hybridized carbons (Fsp3) is 0.929. The van der Waals surface area contributed by atoms with Crippen molar-refractivity contribution in [2.24, 2.45) is 11.7 Å². The zero-order valence-corrected chi connectivity index (χ0v) is 12.2. The van der Waals surface area contributed by atoms with E-state index in [-0.39, 0.29) is 17.4 Å². The van der Waals surface area contributed by atoms with Crippen molar-refractivity contribution >= 4 is 5.91 Å². The third kappa shape index (κ3) is 3.69. The van der Waals surface area contributed by atoms with Gasteiger partial charge in [0.05, 0.1) is 0 Å². The second-order valence-corrected chi connectivity index (χ2v) is 5.74. The van der Waals surface area contributed by atoms with Crippen LogP contribution >= 0.6 is 0 Å². The highest BCUT2D eigenvalue weighted by atomic mass is 16.1. The Balaban J connectivity index is 2.54. The summed E-state index contributed by atoms with van der Waals surface area (Å²) in [4.78, 5) is 14.3. The minimum absolute atomic E-state index is 0.0344. The van der Waals surface area contributed by atoms with Crippen molar-refractivity contribution in [3.8, 4) is 0 Å². The van der Waals surface area contributed by atoms with Crippen molar-refractivity contribution in [1.29, 1.82) is 0 Å². The Morgan fingerprint density at radius 1 is 1.33 bits per heavy atom. The summed E-state index contributed by atoms with van der Waals surface area (Å²) in [5, 5.41) is 3.12. The first-order valence-corrected chi connectivity index (χ1v) is 7.21. The zero-order chi connectivity index (χ0) is 13.6. The summed E-state index contributed by atoms with van der Waals surface area (Å²) in [6, 6.07) is 0. The van der Waals surface area contributed by atoms with Crippen LogP contribution in [0.15, 0.2) is 0 Å². The first-order valence-electron chi connectivity index (χ1n) is 7.21. The van der Waals surface area contributed by atoms with E-state index in [1.54, 1.807) is 0 Å². The van der Waals surface area contributed by atoms with Crippen LogP contribution in [-0.2, 0) is 4.79 Å². The third-order valence-electron chi connectivity index (χ3n) is 4.47. The third-order valence-corrected chi connectivity index (χ3v) is 4.47. The van der Waals surface area contributed by atoms with Gasteiger partial charge in [0, 0.05) is 24.5 Å². The summed E-state index contributed by atoms with van der Waals surface area (Å²) in [6.45, 7) is 3.21. The van der Waals surface area contributed by atoms with E-state index in [1.807, 2.05) is 6.92 Å². The maximum Gasteiger partial charge on any atom is 0.224 e. The van der Waals surface area contributed by atoms with Crippen molar-refractivity contribution < 1.29 is 4.79 Å². The van der Waals surface area contributed by atoms with E-state index < -0.39 is 0 Å². The summed E-state index contributed by atoms with van der Waals surface area (Å²) in [5.74, 6) is 0.0830. The Bertz CT molecular complexity index is 256. The van der Waals surface area contributed by atoms with Crippen LogP contribution < -0.4 is 11.1 Å². The topological polar surface area (TPSA) is 58.4 Å². The number of likely N-dealkylation sites (N-methyl/N-ethyl adjacent to an activating group) is 1. The van der Waals surface area contributed by atoms with Crippen LogP contribution in [-0.4, -0.2) is 43.5 Å². The first kappa shape index (κ1) is 15.4. The Morgan fingerprint density at radius 2 is 1.94 bits per heavy atom. The van der Waals surface area contributed by atoms with Crippen LogP contribution in [0.4, 0.5) is 0 Å². The van der Waals surface area contributed by atoms with Gasteiger partial charge in [0.1, 0.15) is 0 Å². The first-order chi connectivity index (χ1) is 8.55. The smallest absolute Gasteiger partial charge is 0.224 e. The number of carbonyl (C=O) groups excluding carboxylic acids is 1. The maximum absolute atomic E-state index is 12.0. The van der Waals surface area contributed by atoms with Gasteiger partial charge in [-0.25, -0.2) is 0 Å². The molecule has 4 heteroatoms. The van der Waals surface area contributed by atoms with E-state index in [0.29, 0.717) is 6.54 Å². The molecule has 0 spiro atoms. The standard InChI is InChI=1S/C14H29N3O/c1-4-12(10-15)13(18)16-11-14(17(2)3)8-6-5-7-9-14/h12H,4-11,15H2,1-3H3,(H,16,18). The van der Waals surface area contributed by atoms with Crippen molar-refractivity contribution in [2.75, 3.05) is 27.2 Å². The Labute approximate surface area is 111 Å². The van der Waals surface area contributed by atoms with Crippen molar-refractivity contribution in [3.05, 3.63) is 0 Å². The Hall–Kier alpha value is -0.610. The molecule has 1 aliphatic rings. The number of carbonyl (C=O) groups is 1. The van der Waals surface area contributed by atoms with Gasteiger partial charge < -0.3 is 16.0 Å². The maximum atomic E-state index is 12.0. The monoisotopic (exact) mass is 255 g/mol. The van der Waals surface area contributed by atoms with Crippen LogP contribution in [0.5, 0.6) is 0 Å². The van der Waals surface area contributed by atoms with E-state index in [0.717, 1.165) is 13.0 Å². The van der Waals surface area contributed by atoms with E-state index in [9.17, 15) is 4.79 Å². The molecule has 0 saturated heterocycles. The average Bonchev–Trinajstić information content (AvgIpc) is 2.38. The molecule has 0 radical (unpaired) electrons. The normalized spacial score (nSPS) is 20.7. The Morgan fingerprint density at radius 3 is 2.39 bits per heavy atom. The average molecular weight is 255 g/mol. The van der Waals surface area contributed by atoms with Gasteiger partial charge in [0.25, 0.3) is 0 Å². The van der Waals surface area contributed by atoms with E-state index in [1.165, 1.54) is 32.1 Å². The lowest BCUT2D eigenvalue weighted by Gasteiger charge is -2.43. The quantitative estimate of drug-likeness (QED) is 0.753. The lowest BCUT2D eigenvalue weighted by molar-refractivity contribution is -0.125. The molecule has 106 valence electrons. The van der Waals surface area contributed by atoms with Gasteiger partial charge in [-0.15, -0.1) is 0 Å². The van der Waals surface area contributed by atoms with Crippen molar-refractivity contribution in [3.63, 3.8) is 0 Å². The van der Waals surface area contributed by atoms with E-state index in [2.05, 4.69) is 24.3 Å². The van der Waals surface area contributed by atoms with Crippen LogP contribution in [0, 0.1) is 5.92 Å². The molecule has 0 aliphatic heterocycles. The van der Waals surface area contributed by atoms with Crippen molar-refractivity contribution in [1.82, 2.24) is 10.2 Å². The summed E-state index contributed by atoms with van der Waals surface area (Å²) >= 11 is 0. The molecule has 18 heavy (non-hydrogen) atoms. The van der Waals surface area contributed by atoms with Gasteiger partial charge in [0.15, 0.2) is 0 Å². The molecular formula is C14H29N3O. The number of amides is 1. The molecule has 1 unspecified atom stereocenters. The summed E-state index contributed by atoms with van der Waals surface area (Å²) in [7, 11) is 4.25. The minimum Gasteiger partial charge on any atom is -0.354 e. The minimum atomic E-state index is -0.0344. The lowest BCUT2D eigenvalue weighted by atomic mass is 9.80. The highest BCUT2D eigenvalue weighted by Crippen LogP contribution is 2.31. The van der Waals surface area contributed by atoms with Gasteiger partial charge in [0.2, 0.25) is 5.91 Å². The number of nitrogens with two attached hydrogens (primary N) is 1. The molecule has 0 aromatic heterocycles. The molecular weight excluding hydrogens is 226 g/mol. The Kier molecular flexibility index (Phi) is 6.09. The van der Waals surface area contributed by atoms with E-state index in [4.69, 9.17) is 5.73 Å². The number of hydrogen-bond acceptors (Lipinski definition) is 3. The number of hydrogen-bond donors (Lipinski definition) is 2. The highest BCUT2D eigenvalue weighted by molar-refractivity contribution is 5.78. The number of nitrogens with zero attached hydrogens (tertiary/aromatic N) is 1. The molecule has 0 aromatic carbocycles. The molecule has 1 amide bonds. The van der Waals surface area contributed by atoms with Gasteiger partial charge in [-0.1, -0.05) is 26.2 Å². The molecule has 0 heterocycles. The fourth-order valence-electron chi connectivity index (χ4n) is 2.85. The molecule has 1 aliphatic carbocycles. The molecule has 1 rings (SSSR count).